The highest BCUT2D eigenvalue weighted by molar-refractivity contribution is 5.85. The fourth-order valence-corrected chi connectivity index (χ4v) is 1.80. The number of unbranched alkanes of at least 4 members (excludes halogenated alkanes) is 2. The van der Waals surface area contributed by atoms with E-state index < -0.39 is 0 Å². The van der Waals surface area contributed by atoms with Crippen LogP contribution < -0.4 is 5.32 Å². The SMILES string of the molecule is CCCCCNC1=NCCC1CC. The molecule has 0 aromatic carbocycles. The fraction of sp³-hybridized carbons (Fsp3) is 0.909. The number of hydrogen-bond donors (Lipinski definition) is 1. The molecule has 0 amide bonds. The lowest BCUT2D eigenvalue weighted by atomic mass is 10.0. The second-order valence-electron chi connectivity index (χ2n) is 3.79. The Hall–Kier alpha value is -0.530. The maximum absolute atomic E-state index is 4.49. The van der Waals surface area contributed by atoms with Crippen LogP contribution in [0.25, 0.3) is 0 Å². The maximum atomic E-state index is 4.49. The van der Waals surface area contributed by atoms with Gasteiger partial charge in [-0.25, -0.2) is 0 Å². The molecule has 0 aromatic rings. The molecule has 13 heavy (non-hydrogen) atoms. The van der Waals surface area contributed by atoms with Gasteiger partial charge in [0, 0.05) is 19.0 Å². The molecule has 1 heterocycles. The smallest absolute Gasteiger partial charge is 0.0994 e. The van der Waals surface area contributed by atoms with Crippen molar-refractivity contribution in [2.45, 2.75) is 46.0 Å². The van der Waals surface area contributed by atoms with Gasteiger partial charge in [0.25, 0.3) is 0 Å². The molecule has 1 aliphatic heterocycles. The standard InChI is InChI=1S/C11H22N2/c1-3-5-6-8-12-11-10(4-2)7-9-13-11/h10H,3-9H2,1-2H3,(H,12,13). The summed E-state index contributed by atoms with van der Waals surface area (Å²) in [5, 5.41) is 3.47. The van der Waals surface area contributed by atoms with E-state index >= 15 is 0 Å². The molecule has 1 N–H and O–H groups in total. The van der Waals surface area contributed by atoms with E-state index in [-0.39, 0.29) is 0 Å². The van der Waals surface area contributed by atoms with E-state index in [1.165, 1.54) is 37.9 Å². The molecule has 0 aliphatic carbocycles. The van der Waals surface area contributed by atoms with Crippen LogP contribution in [-0.4, -0.2) is 18.9 Å². The van der Waals surface area contributed by atoms with Crippen LogP contribution in [0.15, 0.2) is 4.99 Å². The van der Waals surface area contributed by atoms with Crippen LogP contribution in [-0.2, 0) is 0 Å². The third-order valence-electron chi connectivity index (χ3n) is 2.73. The van der Waals surface area contributed by atoms with Gasteiger partial charge in [0.05, 0.1) is 5.84 Å². The zero-order chi connectivity index (χ0) is 9.52. The molecule has 0 fully saturated rings. The first-order valence-electron chi connectivity index (χ1n) is 5.66. The summed E-state index contributed by atoms with van der Waals surface area (Å²) in [6.45, 7) is 6.64. The molecule has 0 saturated heterocycles. The highest BCUT2D eigenvalue weighted by Gasteiger charge is 2.17. The number of hydrogen-bond acceptors (Lipinski definition) is 2. The topological polar surface area (TPSA) is 24.4 Å². The largest absolute Gasteiger partial charge is 0.374 e. The minimum Gasteiger partial charge on any atom is -0.374 e. The van der Waals surface area contributed by atoms with Crippen molar-refractivity contribution in [2.75, 3.05) is 13.1 Å². The fourth-order valence-electron chi connectivity index (χ4n) is 1.80. The molecular weight excluding hydrogens is 160 g/mol. The summed E-state index contributed by atoms with van der Waals surface area (Å²) >= 11 is 0. The number of amidine groups is 1. The van der Waals surface area contributed by atoms with Crippen LogP contribution in [0.1, 0.15) is 46.0 Å². The lowest BCUT2D eigenvalue weighted by Gasteiger charge is -2.12. The van der Waals surface area contributed by atoms with E-state index in [0.29, 0.717) is 0 Å². The molecule has 76 valence electrons. The number of rotatable bonds is 5. The highest BCUT2D eigenvalue weighted by atomic mass is 15.0. The van der Waals surface area contributed by atoms with Gasteiger partial charge in [-0.1, -0.05) is 26.7 Å². The molecule has 1 rings (SSSR count). The minimum atomic E-state index is 0.724. The van der Waals surface area contributed by atoms with Gasteiger partial charge in [-0.15, -0.1) is 0 Å². The summed E-state index contributed by atoms with van der Waals surface area (Å²) in [4.78, 5) is 4.49. The zero-order valence-electron chi connectivity index (χ0n) is 8.97. The Kier molecular flexibility index (Phi) is 4.87. The first-order chi connectivity index (χ1) is 6.38. The van der Waals surface area contributed by atoms with Crippen LogP contribution in [0.3, 0.4) is 0 Å². The molecule has 1 aliphatic rings. The zero-order valence-corrected chi connectivity index (χ0v) is 8.97. The van der Waals surface area contributed by atoms with E-state index in [0.717, 1.165) is 19.0 Å². The second kappa shape index (κ2) is 6.01. The van der Waals surface area contributed by atoms with Crippen molar-refractivity contribution in [1.29, 1.82) is 0 Å². The molecule has 1 unspecified atom stereocenters. The molecule has 2 heteroatoms. The first kappa shape index (κ1) is 10.6. The van der Waals surface area contributed by atoms with Crippen LogP contribution >= 0.6 is 0 Å². The van der Waals surface area contributed by atoms with Gasteiger partial charge in [-0.2, -0.15) is 0 Å². The summed E-state index contributed by atoms with van der Waals surface area (Å²) in [6.07, 6.45) is 6.40. The number of nitrogens with one attached hydrogen (secondary N) is 1. The normalized spacial score (nSPS) is 21.7. The summed E-state index contributed by atoms with van der Waals surface area (Å²) < 4.78 is 0. The van der Waals surface area contributed by atoms with Crippen molar-refractivity contribution in [2.24, 2.45) is 10.9 Å². The Bertz CT molecular complexity index is 163. The predicted molar refractivity (Wildman–Crippen MR) is 58.2 cm³/mol. The molecule has 0 spiro atoms. The maximum Gasteiger partial charge on any atom is 0.0994 e. The Balaban J connectivity index is 2.13. The average Bonchev–Trinajstić information content (AvgIpc) is 2.60. The Morgan fingerprint density at radius 2 is 2.23 bits per heavy atom. The van der Waals surface area contributed by atoms with E-state index in [1.807, 2.05) is 0 Å². The summed E-state index contributed by atoms with van der Waals surface area (Å²) in [6, 6.07) is 0. The monoisotopic (exact) mass is 182 g/mol. The van der Waals surface area contributed by atoms with Gasteiger partial charge in [0.2, 0.25) is 0 Å². The molecule has 0 aromatic heterocycles. The van der Waals surface area contributed by atoms with Crippen molar-refractivity contribution in [3.05, 3.63) is 0 Å². The minimum absolute atomic E-state index is 0.724. The first-order valence-corrected chi connectivity index (χ1v) is 5.66. The van der Waals surface area contributed by atoms with Gasteiger partial charge in [0.15, 0.2) is 0 Å². The summed E-state index contributed by atoms with van der Waals surface area (Å²) in [5.74, 6) is 2.00. The quantitative estimate of drug-likeness (QED) is 0.649. The van der Waals surface area contributed by atoms with Crippen LogP contribution in [0, 0.1) is 5.92 Å². The van der Waals surface area contributed by atoms with Gasteiger partial charge in [0.1, 0.15) is 0 Å². The van der Waals surface area contributed by atoms with Crippen molar-refractivity contribution in [3.63, 3.8) is 0 Å². The van der Waals surface area contributed by atoms with Crippen molar-refractivity contribution < 1.29 is 0 Å². The third kappa shape index (κ3) is 3.37. The van der Waals surface area contributed by atoms with Gasteiger partial charge < -0.3 is 5.32 Å². The molecule has 0 bridgehead atoms. The molecule has 2 nitrogen and oxygen atoms in total. The Labute approximate surface area is 81.8 Å². The van der Waals surface area contributed by atoms with Crippen molar-refractivity contribution in [3.8, 4) is 0 Å². The molecule has 0 radical (unpaired) electrons. The lowest BCUT2D eigenvalue weighted by molar-refractivity contribution is 0.625. The third-order valence-corrected chi connectivity index (χ3v) is 2.73. The van der Waals surface area contributed by atoms with Crippen LogP contribution in [0.4, 0.5) is 0 Å². The Morgan fingerprint density at radius 1 is 1.38 bits per heavy atom. The molecule has 0 saturated carbocycles. The van der Waals surface area contributed by atoms with Crippen molar-refractivity contribution in [1.82, 2.24) is 5.32 Å². The molecular formula is C11H22N2. The van der Waals surface area contributed by atoms with Gasteiger partial charge >= 0.3 is 0 Å². The van der Waals surface area contributed by atoms with E-state index in [1.54, 1.807) is 0 Å². The Morgan fingerprint density at radius 3 is 2.92 bits per heavy atom. The van der Waals surface area contributed by atoms with Gasteiger partial charge in [-0.3, -0.25) is 4.99 Å². The summed E-state index contributed by atoms with van der Waals surface area (Å²) in [5.41, 5.74) is 0. The highest BCUT2D eigenvalue weighted by Crippen LogP contribution is 2.15. The van der Waals surface area contributed by atoms with Gasteiger partial charge in [-0.05, 0) is 19.3 Å². The number of nitrogens with zero attached hydrogens (tertiary/aromatic N) is 1. The lowest BCUT2D eigenvalue weighted by Crippen LogP contribution is -2.28. The van der Waals surface area contributed by atoms with E-state index in [4.69, 9.17) is 0 Å². The second-order valence-corrected chi connectivity index (χ2v) is 3.79. The van der Waals surface area contributed by atoms with Crippen LogP contribution in [0.5, 0.6) is 0 Å². The predicted octanol–water partition coefficient (Wildman–Crippen LogP) is 2.59. The average molecular weight is 182 g/mol. The van der Waals surface area contributed by atoms with E-state index in [9.17, 15) is 0 Å². The molecule has 1 atom stereocenters. The van der Waals surface area contributed by atoms with Crippen molar-refractivity contribution >= 4 is 5.84 Å². The summed E-state index contributed by atoms with van der Waals surface area (Å²) in [7, 11) is 0. The number of aliphatic imine (C=N–C) groups is 1. The van der Waals surface area contributed by atoms with Crippen LogP contribution in [0.2, 0.25) is 0 Å². The van der Waals surface area contributed by atoms with E-state index in [2.05, 4.69) is 24.2 Å².